The van der Waals surface area contributed by atoms with E-state index in [-0.39, 0.29) is 0 Å². The van der Waals surface area contributed by atoms with Gasteiger partial charge in [0.25, 0.3) is 5.79 Å². The van der Waals surface area contributed by atoms with Crippen molar-refractivity contribution in [1.82, 2.24) is 0 Å². The monoisotopic (exact) mass is 308 g/mol. The molecule has 6 heteroatoms. The molecule has 0 saturated carbocycles. The topological polar surface area (TPSA) is 66.4 Å². The molecule has 0 fully saturated rings. The maximum atomic E-state index is 10.1. The SMILES string of the molecule is COOC(OOC)(c1ccc2cc(OC)ccc2c1)C(C)O. The lowest BCUT2D eigenvalue weighted by atomic mass is 9.97. The summed E-state index contributed by atoms with van der Waals surface area (Å²) in [5.41, 5.74) is 0.559. The first-order valence-electron chi connectivity index (χ1n) is 6.77. The third-order valence-electron chi connectivity index (χ3n) is 3.41. The molecule has 0 aliphatic carbocycles. The van der Waals surface area contributed by atoms with E-state index in [0.29, 0.717) is 5.56 Å². The van der Waals surface area contributed by atoms with E-state index in [9.17, 15) is 5.11 Å². The molecular weight excluding hydrogens is 288 g/mol. The first-order chi connectivity index (χ1) is 10.6. The molecule has 0 bridgehead atoms. The number of hydrogen-bond acceptors (Lipinski definition) is 6. The van der Waals surface area contributed by atoms with Gasteiger partial charge in [0.2, 0.25) is 0 Å². The lowest BCUT2D eigenvalue weighted by Gasteiger charge is -2.32. The van der Waals surface area contributed by atoms with Gasteiger partial charge in [-0.15, -0.1) is 0 Å². The summed E-state index contributed by atoms with van der Waals surface area (Å²) in [5, 5.41) is 12.0. The highest BCUT2D eigenvalue weighted by Gasteiger charge is 2.43. The second kappa shape index (κ2) is 7.04. The minimum Gasteiger partial charge on any atom is -0.497 e. The van der Waals surface area contributed by atoms with Crippen LogP contribution in [0.5, 0.6) is 5.75 Å². The number of methoxy groups -OCH3 is 1. The second-order valence-corrected chi connectivity index (χ2v) is 4.77. The molecule has 0 saturated heterocycles. The van der Waals surface area contributed by atoms with Gasteiger partial charge in [0.05, 0.1) is 21.3 Å². The first kappa shape index (κ1) is 16.7. The zero-order chi connectivity index (χ0) is 16.2. The van der Waals surface area contributed by atoms with Gasteiger partial charge in [-0.1, -0.05) is 18.2 Å². The minimum atomic E-state index is -1.59. The van der Waals surface area contributed by atoms with Crippen LogP contribution in [0.15, 0.2) is 36.4 Å². The fraction of sp³-hybridized carbons (Fsp3) is 0.375. The van der Waals surface area contributed by atoms with Crippen molar-refractivity contribution in [2.45, 2.75) is 18.8 Å². The van der Waals surface area contributed by atoms with E-state index in [1.807, 2.05) is 30.3 Å². The standard InChI is InChI=1S/C16H20O6/c1-11(17)16(21-19-3,22-20-4)14-7-5-13-10-15(18-2)8-6-12(13)9-14/h5-11,17H,1-4H3. The van der Waals surface area contributed by atoms with Crippen LogP contribution in [0.25, 0.3) is 10.8 Å². The molecule has 0 aromatic heterocycles. The molecule has 6 nitrogen and oxygen atoms in total. The van der Waals surface area contributed by atoms with E-state index in [1.165, 1.54) is 21.1 Å². The number of benzene rings is 2. The average Bonchev–Trinajstić information content (AvgIpc) is 2.53. The van der Waals surface area contributed by atoms with Gasteiger partial charge in [-0.25, -0.2) is 9.78 Å². The summed E-state index contributed by atoms with van der Waals surface area (Å²) >= 11 is 0. The molecule has 22 heavy (non-hydrogen) atoms. The Hall–Kier alpha value is -1.70. The Labute approximate surface area is 129 Å². The van der Waals surface area contributed by atoms with Crippen molar-refractivity contribution in [2.75, 3.05) is 21.3 Å². The Morgan fingerprint density at radius 1 is 0.909 bits per heavy atom. The van der Waals surface area contributed by atoms with Crippen molar-refractivity contribution in [3.05, 3.63) is 42.0 Å². The van der Waals surface area contributed by atoms with Crippen molar-refractivity contribution in [2.24, 2.45) is 0 Å². The van der Waals surface area contributed by atoms with E-state index in [1.54, 1.807) is 13.2 Å². The zero-order valence-corrected chi connectivity index (χ0v) is 13.0. The van der Waals surface area contributed by atoms with Crippen LogP contribution >= 0.6 is 0 Å². The highest BCUT2D eigenvalue weighted by molar-refractivity contribution is 5.84. The van der Waals surface area contributed by atoms with Crippen LogP contribution in [0, 0.1) is 0 Å². The van der Waals surface area contributed by atoms with E-state index in [2.05, 4.69) is 0 Å². The molecule has 2 rings (SSSR count). The summed E-state index contributed by atoms with van der Waals surface area (Å²) in [6.07, 6.45) is -1.04. The fourth-order valence-corrected chi connectivity index (χ4v) is 2.31. The van der Waals surface area contributed by atoms with Crippen LogP contribution in [0.3, 0.4) is 0 Å². The Balaban J connectivity index is 2.53. The molecule has 120 valence electrons. The fourth-order valence-electron chi connectivity index (χ4n) is 2.31. The van der Waals surface area contributed by atoms with Gasteiger partial charge >= 0.3 is 0 Å². The van der Waals surface area contributed by atoms with Crippen molar-refractivity contribution >= 4 is 10.8 Å². The van der Waals surface area contributed by atoms with Gasteiger partial charge in [0.1, 0.15) is 11.9 Å². The predicted molar refractivity (Wildman–Crippen MR) is 80.0 cm³/mol. The minimum absolute atomic E-state index is 0.559. The molecule has 0 aliphatic heterocycles. The molecule has 1 unspecified atom stereocenters. The normalized spacial score (nSPS) is 13.3. The van der Waals surface area contributed by atoms with Gasteiger partial charge in [-0.05, 0) is 35.9 Å². The van der Waals surface area contributed by atoms with Gasteiger partial charge in [0.15, 0.2) is 0 Å². The summed E-state index contributed by atoms with van der Waals surface area (Å²) in [5.74, 6) is -0.819. The largest absolute Gasteiger partial charge is 0.497 e. The first-order valence-corrected chi connectivity index (χ1v) is 6.77. The smallest absolute Gasteiger partial charge is 0.283 e. The molecular formula is C16H20O6. The summed E-state index contributed by atoms with van der Waals surface area (Å²) < 4.78 is 5.21. The molecule has 0 heterocycles. The van der Waals surface area contributed by atoms with Gasteiger partial charge in [-0.3, -0.25) is 0 Å². The Kier molecular flexibility index (Phi) is 5.33. The predicted octanol–water partition coefficient (Wildman–Crippen LogP) is 2.54. The second-order valence-electron chi connectivity index (χ2n) is 4.77. The third kappa shape index (κ3) is 3.06. The van der Waals surface area contributed by atoms with Gasteiger partial charge < -0.3 is 9.84 Å². The van der Waals surface area contributed by atoms with Crippen LogP contribution in [-0.2, 0) is 25.3 Å². The molecule has 0 spiro atoms. The van der Waals surface area contributed by atoms with E-state index >= 15 is 0 Å². The zero-order valence-electron chi connectivity index (χ0n) is 13.0. The lowest BCUT2D eigenvalue weighted by Crippen LogP contribution is -2.43. The van der Waals surface area contributed by atoms with Crippen LogP contribution in [-0.4, -0.2) is 32.5 Å². The molecule has 2 aromatic carbocycles. The number of aliphatic hydroxyl groups is 1. The average molecular weight is 308 g/mol. The number of aliphatic hydroxyl groups excluding tert-OH is 1. The summed E-state index contributed by atoms with van der Waals surface area (Å²) in [4.78, 5) is 19.9. The van der Waals surface area contributed by atoms with E-state index in [4.69, 9.17) is 24.3 Å². The van der Waals surface area contributed by atoms with Crippen molar-refractivity contribution < 1.29 is 29.4 Å². The maximum absolute atomic E-state index is 10.1. The van der Waals surface area contributed by atoms with Crippen molar-refractivity contribution in [1.29, 1.82) is 0 Å². The molecule has 0 aliphatic rings. The maximum Gasteiger partial charge on any atom is 0.283 e. The Bertz CT molecular complexity index is 619. The van der Waals surface area contributed by atoms with E-state index in [0.717, 1.165) is 16.5 Å². The van der Waals surface area contributed by atoms with Crippen LogP contribution in [0.2, 0.25) is 0 Å². The summed E-state index contributed by atoms with van der Waals surface area (Å²) in [7, 11) is 4.29. The highest BCUT2D eigenvalue weighted by Crippen LogP contribution is 2.34. The highest BCUT2D eigenvalue weighted by atomic mass is 17.3. The molecule has 0 amide bonds. The number of ether oxygens (including phenoxy) is 1. The number of rotatable bonds is 7. The van der Waals surface area contributed by atoms with Crippen LogP contribution < -0.4 is 4.74 Å². The Morgan fingerprint density at radius 3 is 2.05 bits per heavy atom. The van der Waals surface area contributed by atoms with E-state index < -0.39 is 11.9 Å². The van der Waals surface area contributed by atoms with Gasteiger partial charge in [0, 0.05) is 5.56 Å². The third-order valence-corrected chi connectivity index (χ3v) is 3.41. The summed E-state index contributed by atoms with van der Waals surface area (Å²) in [6, 6.07) is 11.2. The molecule has 0 radical (unpaired) electrons. The van der Waals surface area contributed by atoms with Crippen LogP contribution in [0.4, 0.5) is 0 Å². The number of hydrogen-bond donors (Lipinski definition) is 1. The quantitative estimate of drug-likeness (QED) is 0.482. The summed E-state index contributed by atoms with van der Waals surface area (Å²) in [6.45, 7) is 1.52. The van der Waals surface area contributed by atoms with Crippen LogP contribution in [0.1, 0.15) is 12.5 Å². The lowest BCUT2D eigenvalue weighted by molar-refractivity contribution is -0.524. The molecule has 2 aromatic rings. The van der Waals surface area contributed by atoms with Crippen molar-refractivity contribution in [3.8, 4) is 5.75 Å². The van der Waals surface area contributed by atoms with Crippen molar-refractivity contribution in [3.63, 3.8) is 0 Å². The Morgan fingerprint density at radius 2 is 1.50 bits per heavy atom. The molecule has 1 N–H and O–H groups in total. The number of fused-ring (bicyclic) bond motifs is 1. The molecule has 1 atom stereocenters. The van der Waals surface area contributed by atoms with Gasteiger partial charge in [-0.2, -0.15) is 9.78 Å².